The maximum atomic E-state index is 11.6. The first kappa shape index (κ1) is 14.3. The summed E-state index contributed by atoms with van der Waals surface area (Å²) in [4.78, 5) is 11.6. The Morgan fingerprint density at radius 3 is 2.65 bits per heavy atom. The minimum atomic E-state index is -0.588. The third kappa shape index (κ3) is 2.26. The molecule has 0 heterocycles. The highest BCUT2D eigenvalue weighted by Gasteiger charge is 2.48. The van der Waals surface area contributed by atoms with E-state index in [-0.39, 0.29) is 5.41 Å². The molecule has 0 unspecified atom stereocenters. The van der Waals surface area contributed by atoms with Crippen molar-refractivity contribution < 1.29 is 9.90 Å². The molecule has 0 amide bonds. The first-order chi connectivity index (χ1) is 9.30. The van der Waals surface area contributed by atoms with Crippen LogP contribution in [0.4, 0.5) is 0 Å². The second kappa shape index (κ2) is 4.69. The highest BCUT2D eigenvalue weighted by molar-refractivity contribution is 5.82. The second-order valence-corrected chi connectivity index (χ2v) is 8.11. The van der Waals surface area contributed by atoms with Crippen LogP contribution in [0.5, 0.6) is 0 Å². The zero-order valence-electron chi connectivity index (χ0n) is 13.2. The lowest BCUT2D eigenvalue weighted by Gasteiger charge is -2.51. The molecule has 0 radical (unpaired) electrons. The van der Waals surface area contributed by atoms with Gasteiger partial charge in [0.05, 0.1) is 5.60 Å². The van der Waals surface area contributed by atoms with E-state index < -0.39 is 5.60 Å². The lowest BCUT2D eigenvalue weighted by Crippen LogP contribution is -2.47. The van der Waals surface area contributed by atoms with Gasteiger partial charge in [0.1, 0.15) is 5.78 Å². The predicted octanol–water partition coefficient (Wildman–Crippen LogP) is 4.02. The summed E-state index contributed by atoms with van der Waals surface area (Å²) < 4.78 is 0. The molecule has 2 heteroatoms. The Labute approximate surface area is 122 Å². The third-order valence-corrected chi connectivity index (χ3v) is 6.57. The molecule has 0 spiro atoms. The Morgan fingerprint density at radius 2 is 1.95 bits per heavy atom. The zero-order valence-corrected chi connectivity index (χ0v) is 13.2. The molecule has 0 aliphatic heterocycles. The average Bonchev–Trinajstić information content (AvgIpc) is 2.36. The van der Waals surface area contributed by atoms with E-state index in [0.717, 1.165) is 44.4 Å². The molecule has 0 aromatic carbocycles. The number of carbonyl (C=O) groups is 1. The highest BCUT2D eigenvalue weighted by atomic mass is 16.3. The van der Waals surface area contributed by atoms with Crippen LogP contribution < -0.4 is 0 Å². The monoisotopic (exact) mass is 276 g/mol. The maximum absolute atomic E-state index is 11.6. The van der Waals surface area contributed by atoms with Gasteiger partial charge in [-0.05, 0) is 69.6 Å². The minimum Gasteiger partial charge on any atom is -0.390 e. The fourth-order valence-electron chi connectivity index (χ4n) is 4.80. The normalized spacial score (nSPS) is 38.5. The highest BCUT2D eigenvalue weighted by Crippen LogP contribution is 2.55. The average molecular weight is 276 g/mol. The van der Waals surface area contributed by atoms with E-state index >= 15 is 0 Å². The first-order valence-electron chi connectivity index (χ1n) is 8.25. The summed E-state index contributed by atoms with van der Waals surface area (Å²) in [5.74, 6) is 1.88. The summed E-state index contributed by atoms with van der Waals surface area (Å²) in [5, 5.41) is 10.5. The van der Waals surface area contributed by atoms with Crippen LogP contribution >= 0.6 is 0 Å². The van der Waals surface area contributed by atoms with Crippen molar-refractivity contribution in [3.8, 4) is 0 Å². The van der Waals surface area contributed by atoms with Gasteiger partial charge in [-0.1, -0.05) is 18.1 Å². The summed E-state index contributed by atoms with van der Waals surface area (Å²) in [6.45, 7) is 6.21. The van der Waals surface area contributed by atoms with Crippen LogP contribution in [0.25, 0.3) is 0 Å². The molecule has 3 atom stereocenters. The Balaban J connectivity index is 1.82. The smallest absolute Gasteiger partial charge is 0.137 e. The lowest BCUT2D eigenvalue weighted by molar-refractivity contribution is -0.119. The number of aliphatic hydroxyl groups is 1. The Hall–Kier alpha value is -0.630. The molecule has 3 rings (SSSR count). The number of hydrogen-bond acceptors (Lipinski definition) is 2. The summed E-state index contributed by atoms with van der Waals surface area (Å²) in [6.07, 6.45) is 8.35. The molecule has 1 saturated carbocycles. The van der Waals surface area contributed by atoms with Gasteiger partial charge in [0.15, 0.2) is 0 Å². The van der Waals surface area contributed by atoms with Crippen LogP contribution in [-0.4, -0.2) is 16.5 Å². The van der Waals surface area contributed by atoms with E-state index in [4.69, 9.17) is 0 Å². The number of allylic oxidation sites excluding steroid dienone is 2. The quantitative estimate of drug-likeness (QED) is 0.734. The van der Waals surface area contributed by atoms with Gasteiger partial charge in [-0.25, -0.2) is 0 Å². The minimum absolute atomic E-state index is 0.0523. The van der Waals surface area contributed by atoms with Gasteiger partial charge in [-0.2, -0.15) is 0 Å². The number of fused-ring (bicyclic) bond motifs is 2. The van der Waals surface area contributed by atoms with Crippen molar-refractivity contribution in [2.24, 2.45) is 17.3 Å². The number of Topliss-reactive ketones (excluding diaryl/α,β-unsaturated/α-hetero) is 1. The fourth-order valence-corrected chi connectivity index (χ4v) is 4.80. The van der Waals surface area contributed by atoms with E-state index in [0.29, 0.717) is 11.7 Å². The van der Waals surface area contributed by atoms with Crippen molar-refractivity contribution >= 4 is 5.78 Å². The Kier molecular flexibility index (Phi) is 3.36. The molecular weight excluding hydrogens is 248 g/mol. The molecule has 3 aliphatic carbocycles. The van der Waals surface area contributed by atoms with Crippen molar-refractivity contribution in [1.29, 1.82) is 0 Å². The van der Waals surface area contributed by atoms with Gasteiger partial charge in [0.25, 0.3) is 0 Å². The summed E-state index contributed by atoms with van der Waals surface area (Å²) in [7, 11) is 0. The first-order valence-corrected chi connectivity index (χ1v) is 8.25. The van der Waals surface area contributed by atoms with Crippen molar-refractivity contribution in [3.05, 3.63) is 11.1 Å². The van der Waals surface area contributed by atoms with Crippen LogP contribution in [0.1, 0.15) is 72.1 Å². The second-order valence-electron chi connectivity index (χ2n) is 8.11. The Morgan fingerprint density at radius 1 is 1.20 bits per heavy atom. The van der Waals surface area contributed by atoms with Crippen LogP contribution in [0.3, 0.4) is 0 Å². The summed E-state index contributed by atoms with van der Waals surface area (Å²) in [5.41, 5.74) is 2.58. The van der Waals surface area contributed by atoms with Crippen molar-refractivity contribution in [2.45, 2.75) is 77.7 Å². The van der Waals surface area contributed by atoms with Gasteiger partial charge in [0, 0.05) is 12.8 Å². The Bertz CT molecular complexity index is 455. The number of ketones is 1. The molecule has 1 N–H and O–H groups in total. The largest absolute Gasteiger partial charge is 0.390 e. The molecule has 1 fully saturated rings. The van der Waals surface area contributed by atoms with E-state index in [1.807, 2.05) is 13.8 Å². The number of rotatable bonds is 1. The number of hydrogen-bond donors (Lipinski definition) is 1. The van der Waals surface area contributed by atoms with E-state index in [2.05, 4.69) is 6.92 Å². The zero-order chi connectivity index (χ0) is 14.5. The van der Waals surface area contributed by atoms with Gasteiger partial charge in [-0.15, -0.1) is 0 Å². The SMILES string of the molecule is CC(C)(O)[C@]1(C)CC[C@@H]2C3=C(CC[C@H]2C1)CC(=O)CC3. The predicted molar refractivity (Wildman–Crippen MR) is 80.4 cm³/mol. The van der Waals surface area contributed by atoms with Gasteiger partial charge < -0.3 is 5.11 Å². The summed E-state index contributed by atoms with van der Waals surface area (Å²) in [6, 6.07) is 0. The molecule has 0 aromatic heterocycles. The third-order valence-electron chi connectivity index (χ3n) is 6.57. The number of carbonyl (C=O) groups excluding carboxylic acids is 1. The lowest BCUT2D eigenvalue weighted by atomic mass is 9.55. The maximum Gasteiger partial charge on any atom is 0.137 e. The van der Waals surface area contributed by atoms with Crippen molar-refractivity contribution in [3.63, 3.8) is 0 Å². The van der Waals surface area contributed by atoms with Crippen molar-refractivity contribution in [2.75, 3.05) is 0 Å². The van der Waals surface area contributed by atoms with Crippen molar-refractivity contribution in [1.82, 2.24) is 0 Å². The fraction of sp³-hybridized carbons (Fsp3) is 0.833. The van der Waals surface area contributed by atoms with Crippen LogP contribution in [0.15, 0.2) is 11.1 Å². The molecule has 3 aliphatic rings. The molecule has 112 valence electrons. The van der Waals surface area contributed by atoms with Crippen LogP contribution in [-0.2, 0) is 4.79 Å². The topological polar surface area (TPSA) is 37.3 Å². The molecule has 2 nitrogen and oxygen atoms in total. The standard InChI is InChI=1S/C18H28O2/c1-17(2,20)18(3)9-8-16-13(11-18)5-4-12-10-14(19)6-7-15(12)16/h13,16,20H,4-11H2,1-3H3/t13-,16-,18+/m0/s1. The van der Waals surface area contributed by atoms with E-state index in [9.17, 15) is 9.90 Å². The van der Waals surface area contributed by atoms with Gasteiger partial charge in [-0.3, -0.25) is 4.79 Å². The molecule has 20 heavy (non-hydrogen) atoms. The van der Waals surface area contributed by atoms with E-state index in [1.165, 1.54) is 18.4 Å². The van der Waals surface area contributed by atoms with Crippen LogP contribution in [0.2, 0.25) is 0 Å². The van der Waals surface area contributed by atoms with Crippen LogP contribution in [0, 0.1) is 17.3 Å². The molecule has 0 saturated heterocycles. The van der Waals surface area contributed by atoms with Gasteiger partial charge >= 0.3 is 0 Å². The molecular formula is C18H28O2. The van der Waals surface area contributed by atoms with Gasteiger partial charge in [0.2, 0.25) is 0 Å². The van der Waals surface area contributed by atoms with E-state index in [1.54, 1.807) is 5.57 Å². The summed E-state index contributed by atoms with van der Waals surface area (Å²) >= 11 is 0. The molecule has 0 bridgehead atoms. The molecule has 0 aromatic rings.